The highest BCUT2D eigenvalue weighted by atomic mass is 16.5. The van der Waals surface area contributed by atoms with Gasteiger partial charge in [0, 0.05) is 36.4 Å². The van der Waals surface area contributed by atoms with Crippen molar-refractivity contribution < 1.29 is 9.53 Å². The summed E-state index contributed by atoms with van der Waals surface area (Å²) < 4.78 is 5.43. The van der Waals surface area contributed by atoms with E-state index in [1.807, 2.05) is 6.92 Å². The third kappa shape index (κ3) is 4.36. The molecule has 1 aliphatic heterocycles. The molecule has 21 heavy (non-hydrogen) atoms. The van der Waals surface area contributed by atoms with Gasteiger partial charge in [-0.3, -0.25) is 4.79 Å². The summed E-state index contributed by atoms with van der Waals surface area (Å²) in [5, 5.41) is 3.10. The standard InChI is InChI=1S/C16H25N3O2/c1-3-19-7-5-14(6-8-19)18-16(20)12-9-13(17)11-15(10-12)21-4-2/h9-11,14H,3-8,17H2,1-2H3,(H,18,20). The quantitative estimate of drug-likeness (QED) is 0.813. The van der Waals surface area contributed by atoms with Crippen LogP contribution in [0.1, 0.15) is 37.0 Å². The summed E-state index contributed by atoms with van der Waals surface area (Å²) >= 11 is 0. The maximum atomic E-state index is 12.3. The van der Waals surface area contributed by atoms with E-state index in [0.717, 1.165) is 32.5 Å². The number of likely N-dealkylation sites (tertiary alicyclic amines) is 1. The molecule has 3 N–H and O–H groups in total. The van der Waals surface area contributed by atoms with Gasteiger partial charge in [0.05, 0.1) is 6.61 Å². The number of ether oxygens (including phenoxy) is 1. The van der Waals surface area contributed by atoms with Gasteiger partial charge in [-0.1, -0.05) is 6.92 Å². The number of nitrogen functional groups attached to an aromatic ring is 1. The third-order valence-electron chi connectivity index (χ3n) is 3.87. The first kappa shape index (κ1) is 15.6. The van der Waals surface area contributed by atoms with Crippen LogP contribution < -0.4 is 15.8 Å². The molecule has 0 saturated carbocycles. The zero-order chi connectivity index (χ0) is 15.2. The molecule has 1 aromatic rings. The van der Waals surface area contributed by atoms with Crippen LogP contribution in [0, 0.1) is 0 Å². The number of anilines is 1. The molecular formula is C16H25N3O2. The minimum atomic E-state index is -0.0711. The van der Waals surface area contributed by atoms with Crippen LogP contribution in [-0.2, 0) is 0 Å². The van der Waals surface area contributed by atoms with E-state index < -0.39 is 0 Å². The van der Waals surface area contributed by atoms with Crippen LogP contribution in [-0.4, -0.2) is 43.1 Å². The van der Waals surface area contributed by atoms with Crippen LogP contribution in [0.3, 0.4) is 0 Å². The predicted molar refractivity (Wildman–Crippen MR) is 84.6 cm³/mol. The number of amides is 1. The Bertz CT molecular complexity index is 482. The lowest BCUT2D eigenvalue weighted by atomic mass is 10.0. The summed E-state index contributed by atoms with van der Waals surface area (Å²) in [6, 6.07) is 5.42. The van der Waals surface area contributed by atoms with Crippen LogP contribution in [0.5, 0.6) is 5.75 Å². The van der Waals surface area contributed by atoms with Crippen LogP contribution in [0.2, 0.25) is 0 Å². The number of piperidine rings is 1. The van der Waals surface area contributed by atoms with E-state index in [-0.39, 0.29) is 11.9 Å². The number of rotatable bonds is 5. The summed E-state index contributed by atoms with van der Waals surface area (Å²) in [5.74, 6) is 0.571. The first-order valence-electron chi connectivity index (χ1n) is 7.69. The molecule has 5 heteroatoms. The van der Waals surface area contributed by atoms with Crippen molar-refractivity contribution >= 4 is 11.6 Å². The van der Waals surface area contributed by atoms with Crippen molar-refractivity contribution in [3.8, 4) is 5.75 Å². The van der Waals surface area contributed by atoms with E-state index in [9.17, 15) is 4.79 Å². The number of nitrogens with one attached hydrogen (secondary N) is 1. The molecule has 1 aliphatic rings. The van der Waals surface area contributed by atoms with Crippen LogP contribution in [0.25, 0.3) is 0 Å². The number of nitrogens with two attached hydrogens (primary N) is 1. The zero-order valence-corrected chi connectivity index (χ0v) is 12.9. The molecular weight excluding hydrogens is 266 g/mol. The second-order valence-corrected chi connectivity index (χ2v) is 5.41. The second kappa shape index (κ2) is 7.31. The zero-order valence-electron chi connectivity index (χ0n) is 12.9. The van der Waals surface area contributed by atoms with Crippen molar-refractivity contribution in [2.75, 3.05) is 32.0 Å². The summed E-state index contributed by atoms with van der Waals surface area (Å²) in [6.45, 7) is 7.80. The normalized spacial score (nSPS) is 16.7. The SMILES string of the molecule is CCOc1cc(N)cc(C(=O)NC2CCN(CC)CC2)c1. The maximum Gasteiger partial charge on any atom is 0.251 e. The fourth-order valence-corrected chi connectivity index (χ4v) is 2.67. The topological polar surface area (TPSA) is 67.6 Å². The van der Waals surface area contributed by atoms with E-state index in [1.54, 1.807) is 18.2 Å². The minimum absolute atomic E-state index is 0.0711. The number of benzene rings is 1. The van der Waals surface area contributed by atoms with Gasteiger partial charge in [0.1, 0.15) is 5.75 Å². The molecule has 0 atom stereocenters. The third-order valence-corrected chi connectivity index (χ3v) is 3.87. The lowest BCUT2D eigenvalue weighted by molar-refractivity contribution is 0.0912. The van der Waals surface area contributed by atoms with E-state index in [0.29, 0.717) is 23.6 Å². The van der Waals surface area contributed by atoms with Crippen molar-refractivity contribution in [2.24, 2.45) is 0 Å². The van der Waals surface area contributed by atoms with E-state index in [2.05, 4.69) is 17.1 Å². The maximum absolute atomic E-state index is 12.3. The van der Waals surface area contributed by atoms with Gasteiger partial charge >= 0.3 is 0 Å². The fraction of sp³-hybridized carbons (Fsp3) is 0.562. The van der Waals surface area contributed by atoms with Gasteiger partial charge in [-0.05, 0) is 38.4 Å². The largest absolute Gasteiger partial charge is 0.494 e. The van der Waals surface area contributed by atoms with Gasteiger partial charge in [0.2, 0.25) is 0 Å². The van der Waals surface area contributed by atoms with E-state index in [4.69, 9.17) is 10.5 Å². The van der Waals surface area contributed by atoms with Crippen molar-refractivity contribution in [1.29, 1.82) is 0 Å². The minimum Gasteiger partial charge on any atom is -0.494 e. The molecule has 1 saturated heterocycles. The van der Waals surface area contributed by atoms with Gasteiger partial charge < -0.3 is 20.7 Å². The molecule has 0 radical (unpaired) electrons. The van der Waals surface area contributed by atoms with Crippen molar-refractivity contribution in [3.05, 3.63) is 23.8 Å². The molecule has 116 valence electrons. The Balaban J connectivity index is 1.97. The Morgan fingerprint density at radius 2 is 2.05 bits per heavy atom. The number of carbonyl (C=O) groups excluding carboxylic acids is 1. The Morgan fingerprint density at radius 3 is 2.67 bits per heavy atom. The number of hydrogen-bond donors (Lipinski definition) is 2. The highest BCUT2D eigenvalue weighted by molar-refractivity contribution is 5.95. The number of nitrogens with zero attached hydrogens (tertiary/aromatic N) is 1. The Labute approximate surface area is 126 Å². The van der Waals surface area contributed by atoms with Crippen LogP contribution >= 0.6 is 0 Å². The van der Waals surface area contributed by atoms with Crippen molar-refractivity contribution in [1.82, 2.24) is 10.2 Å². The molecule has 0 aliphatic carbocycles. The van der Waals surface area contributed by atoms with Gasteiger partial charge in [-0.2, -0.15) is 0 Å². The highest BCUT2D eigenvalue weighted by Gasteiger charge is 2.20. The van der Waals surface area contributed by atoms with Gasteiger partial charge in [-0.25, -0.2) is 0 Å². The summed E-state index contributed by atoms with van der Waals surface area (Å²) in [4.78, 5) is 14.7. The molecule has 0 bridgehead atoms. The molecule has 1 aromatic carbocycles. The Morgan fingerprint density at radius 1 is 1.33 bits per heavy atom. The summed E-state index contributed by atoms with van der Waals surface area (Å²) in [7, 11) is 0. The van der Waals surface area contributed by atoms with Gasteiger partial charge in [0.15, 0.2) is 0 Å². The second-order valence-electron chi connectivity index (χ2n) is 5.41. The average Bonchev–Trinajstić information content (AvgIpc) is 2.48. The predicted octanol–water partition coefficient (Wildman–Crippen LogP) is 1.88. The van der Waals surface area contributed by atoms with E-state index >= 15 is 0 Å². The molecule has 1 amide bonds. The Hall–Kier alpha value is -1.75. The highest BCUT2D eigenvalue weighted by Crippen LogP contribution is 2.19. The average molecular weight is 291 g/mol. The summed E-state index contributed by atoms with van der Waals surface area (Å²) in [5.41, 5.74) is 6.94. The van der Waals surface area contributed by atoms with Crippen molar-refractivity contribution in [3.63, 3.8) is 0 Å². The van der Waals surface area contributed by atoms with E-state index in [1.165, 1.54) is 0 Å². The van der Waals surface area contributed by atoms with Crippen LogP contribution in [0.15, 0.2) is 18.2 Å². The first-order chi connectivity index (χ1) is 10.1. The summed E-state index contributed by atoms with van der Waals surface area (Å²) in [6.07, 6.45) is 2.00. The molecule has 0 unspecified atom stereocenters. The van der Waals surface area contributed by atoms with Crippen LogP contribution in [0.4, 0.5) is 5.69 Å². The fourth-order valence-electron chi connectivity index (χ4n) is 2.67. The molecule has 1 fully saturated rings. The first-order valence-corrected chi connectivity index (χ1v) is 7.69. The van der Waals surface area contributed by atoms with Crippen molar-refractivity contribution in [2.45, 2.75) is 32.7 Å². The number of carbonyl (C=O) groups is 1. The molecule has 0 aromatic heterocycles. The van der Waals surface area contributed by atoms with Gasteiger partial charge in [0.25, 0.3) is 5.91 Å². The lowest BCUT2D eigenvalue weighted by Crippen LogP contribution is -2.44. The molecule has 5 nitrogen and oxygen atoms in total. The molecule has 2 rings (SSSR count). The monoisotopic (exact) mass is 291 g/mol. The number of hydrogen-bond acceptors (Lipinski definition) is 4. The molecule has 1 heterocycles. The Kier molecular flexibility index (Phi) is 5.44. The van der Waals surface area contributed by atoms with Gasteiger partial charge in [-0.15, -0.1) is 0 Å². The smallest absolute Gasteiger partial charge is 0.251 e. The molecule has 0 spiro atoms. The lowest BCUT2D eigenvalue weighted by Gasteiger charge is -2.31.